The summed E-state index contributed by atoms with van der Waals surface area (Å²) in [5.74, 6) is 0.380. The smallest absolute Gasteiger partial charge is 0.272 e. The third-order valence-corrected chi connectivity index (χ3v) is 4.31. The van der Waals surface area contributed by atoms with Crippen molar-refractivity contribution in [3.05, 3.63) is 59.4 Å². The fourth-order valence-electron chi connectivity index (χ4n) is 2.94. The predicted molar refractivity (Wildman–Crippen MR) is 110 cm³/mol. The number of methoxy groups -OCH3 is 1. The number of hydrogen-bond acceptors (Lipinski definition) is 4. The second-order valence-corrected chi connectivity index (χ2v) is 6.56. The molecule has 0 unspecified atom stereocenters. The molecule has 28 heavy (non-hydrogen) atoms. The van der Waals surface area contributed by atoms with Gasteiger partial charge in [0.2, 0.25) is 0 Å². The first-order valence-corrected chi connectivity index (χ1v) is 9.76. The topological polar surface area (TPSA) is 71.5 Å². The van der Waals surface area contributed by atoms with E-state index in [0.29, 0.717) is 31.7 Å². The van der Waals surface area contributed by atoms with E-state index in [1.54, 1.807) is 30.2 Å². The van der Waals surface area contributed by atoms with Gasteiger partial charge in [-0.25, -0.2) is 4.98 Å². The summed E-state index contributed by atoms with van der Waals surface area (Å²) >= 11 is 0. The molecule has 0 fully saturated rings. The zero-order valence-corrected chi connectivity index (χ0v) is 16.9. The summed E-state index contributed by atoms with van der Waals surface area (Å²) in [5.41, 5.74) is 1.64. The van der Waals surface area contributed by atoms with E-state index >= 15 is 0 Å². The van der Waals surface area contributed by atoms with Crippen LogP contribution in [0.25, 0.3) is 0 Å². The standard InChI is InChI=1S/C22H29N3O3/c1-4-14-25(15-5-2)22(27)20-11-7-10-19(24-20)21(26)23-13-12-17-8-6-9-18(16-17)28-3/h6-11,16H,4-5,12-15H2,1-3H3,(H,23,26). The van der Waals surface area contributed by atoms with Crippen LogP contribution in [0.2, 0.25) is 0 Å². The van der Waals surface area contributed by atoms with Crippen molar-refractivity contribution in [3.8, 4) is 5.75 Å². The lowest BCUT2D eigenvalue weighted by molar-refractivity contribution is 0.0749. The van der Waals surface area contributed by atoms with E-state index < -0.39 is 0 Å². The minimum absolute atomic E-state index is 0.130. The van der Waals surface area contributed by atoms with Crippen molar-refractivity contribution in [1.82, 2.24) is 15.2 Å². The Morgan fingerprint density at radius 1 is 1.04 bits per heavy atom. The van der Waals surface area contributed by atoms with Gasteiger partial charge in [-0.05, 0) is 49.1 Å². The number of hydrogen-bond donors (Lipinski definition) is 1. The van der Waals surface area contributed by atoms with Crippen LogP contribution in [0, 0.1) is 0 Å². The molecule has 2 aromatic rings. The summed E-state index contributed by atoms with van der Waals surface area (Å²) in [4.78, 5) is 31.2. The van der Waals surface area contributed by atoms with Gasteiger partial charge in [0.05, 0.1) is 7.11 Å². The number of aromatic nitrogens is 1. The molecule has 0 aliphatic heterocycles. The van der Waals surface area contributed by atoms with Crippen LogP contribution in [-0.2, 0) is 6.42 Å². The molecule has 0 atom stereocenters. The number of rotatable bonds is 10. The molecule has 6 heteroatoms. The highest BCUT2D eigenvalue weighted by atomic mass is 16.5. The van der Waals surface area contributed by atoms with Crippen molar-refractivity contribution in [3.63, 3.8) is 0 Å². The van der Waals surface area contributed by atoms with Crippen molar-refractivity contribution >= 4 is 11.8 Å². The van der Waals surface area contributed by atoms with Crippen LogP contribution >= 0.6 is 0 Å². The molecule has 0 spiro atoms. The van der Waals surface area contributed by atoms with Gasteiger partial charge in [0.15, 0.2) is 0 Å². The van der Waals surface area contributed by atoms with Crippen molar-refractivity contribution in [2.45, 2.75) is 33.1 Å². The summed E-state index contributed by atoms with van der Waals surface area (Å²) in [6.45, 7) is 5.92. The summed E-state index contributed by atoms with van der Waals surface area (Å²) in [5, 5.41) is 2.86. The van der Waals surface area contributed by atoms with E-state index in [0.717, 1.165) is 24.2 Å². The van der Waals surface area contributed by atoms with Gasteiger partial charge in [-0.15, -0.1) is 0 Å². The molecule has 2 rings (SSSR count). The highest BCUT2D eigenvalue weighted by Gasteiger charge is 2.17. The first-order chi connectivity index (χ1) is 13.6. The average Bonchev–Trinajstić information content (AvgIpc) is 2.73. The van der Waals surface area contributed by atoms with Crippen molar-refractivity contribution in [1.29, 1.82) is 0 Å². The van der Waals surface area contributed by atoms with E-state index in [2.05, 4.69) is 10.3 Å². The Balaban J connectivity index is 1.98. The molecule has 6 nitrogen and oxygen atoms in total. The molecule has 1 aromatic heterocycles. The van der Waals surface area contributed by atoms with Crippen LogP contribution in [0.1, 0.15) is 53.2 Å². The number of nitrogens with one attached hydrogen (secondary N) is 1. The van der Waals surface area contributed by atoms with Crippen LogP contribution in [0.5, 0.6) is 5.75 Å². The molecule has 0 aliphatic rings. The molecule has 0 bridgehead atoms. The molecular formula is C22H29N3O3. The van der Waals surface area contributed by atoms with Gasteiger partial charge in [-0.2, -0.15) is 0 Å². The SMILES string of the molecule is CCCN(CCC)C(=O)c1cccc(C(=O)NCCc2cccc(OC)c2)n1. The zero-order valence-electron chi connectivity index (χ0n) is 16.9. The fourth-order valence-corrected chi connectivity index (χ4v) is 2.94. The maximum Gasteiger partial charge on any atom is 0.272 e. The summed E-state index contributed by atoms with van der Waals surface area (Å²) in [7, 11) is 1.63. The maximum absolute atomic E-state index is 12.7. The number of carbonyl (C=O) groups excluding carboxylic acids is 2. The average molecular weight is 383 g/mol. The molecule has 0 saturated carbocycles. The number of nitrogens with zero attached hydrogens (tertiary/aromatic N) is 2. The van der Waals surface area contributed by atoms with E-state index in [-0.39, 0.29) is 17.5 Å². The van der Waals surface area contributed by atoms with Crippen LogP contribution in [-0.4, -0.2) is 48.4 Å². The second-order valence-electron chi connectivity index (χ2n) is 6.56. The molecule has 2 amide bonds. The zero-order chi connectivity index (χ0) is 20.4. The number of carbonyl (C=O) groups is 2. The molecule has 1 N–H and O–H groups in total. The Morgan fingerprint density at radius 2 is 1.71 bits per heavy atom. The Morgan fingerprint density at radius 3 is 2.39 bits per heavy atom. The lowest BCUT2D eigenvalue weighted by atomic mass is 10.1. The highest BCUT2D eigenvalue weighted by Crippen LogP contribution is 2.12. The largest absolute Gasteiger partial charge is 0.497 e. The molecule has 1 heterocycles. The van der Waals surface area contributed by atoms with Gasteiger partial charge in [0, 0.05) is 19.6 Å². The van der Waals surface area contributed by atoms with E-state index in [1.165, 1.54) is 0 Å². The number of pyridine rings is 1. The monoisotopic (exact) mass is 383 g/mol. The Hall–Kier alpha value is -2.89. The van der Waals surface area contributed by atoms with Gasteiger partial charge < -0.3 is 15.0 Å². The number of ether oxygens (including phenoxy) is 1. The maximum atomic E-state index is 12.7. The van der Waals surface area contributed by atoms with Gasteiger partial charge in [0.25, 0.3) is 11.8 Å². The lowest BCUT2D eigenvalue weighted by Crippen LogP contribution is -2.34. The minimum Gasteiger partial charge on any atom is -0.497 e. The Bertz CT molecular complexity index is 786. The normalized spacial score (nSPS) is 10.4. The van der Waals surface area contributed by atoms with Gasteiger partial charge >= 0.3 is 0 Å². The molecule has 0 aliphatic carbocycles. The predicted octanol–water partition coefficient (Wildman–Crippen LogP) is 3.32. The minimum atomic E-state index is -0.282. The Labute approximate surface area is 166 Å². The third kappa shape index (κ3) is 6.08. The lowest BCUT2D eigenvalue weighted by Gasteiger charge is -2.21. The van der Waals surface area contributed by atoms with Crippen LogP contribution in [0.3, 0.4) is 0 Å². The van der Waals surface area contributed by atoms with E-state index in [4.69, 9.17) is 4.74 Å². The Kier molecular flexibility index (Phi) is 8.46. The van der Waals surface area contributed by atoms with E-state index in [1.807, 2.05) is 38.1 Å². The quantitative estimate of drug-likeness (QED) is 0.683. The van der Waals surface area contributed by atoms with Crippen LogP contribution in [0.15, 0.2) is 42.5 Å². The fraction of sp³-hybridized carbons (Fsp3) is 0.409. The summed E-state index contributed by atoms with van der Waals surface area (Å²) < 4.78 is 5.21. The molecule has 1 aromatic carbocycles. The summed E-state index contributed by atoms with van der Waals surface area (Å²) in [6.07, 6.45) is 2.45. The van der Waals surface area contributed by atoms with Crippen molar-refractivity contribution in [2.75, 3.05) is 26.7 Å². The molecule has 0 saturated heterocycles. The third-order valence-electron chi connectivity index (χ3n) is 4.31. The van der Waals surface area contributed by atoms with Crippen molar-refractivity contribution < 1.29 is 14.3 Å². The van der Waals surface area contributed by atoms with Gasteiger partial charge in [-0.1, -0.05) is 32.0 Å². The van der Waals surface area contributed by atoms with Gasteiger partial charge in [-0.3, -0.25) is 9.59 Å². The highest BCUT2D eigenvalue weighted by molar-refractivity contribution is 5.96. The number of benzene rings is 1. The first kappa shape index (κ1) is 21.4. The molecular weight excluding hydrogens is 354 g/mol. The summed E-state index contributed by atoms with van der Waals surface area (Å²) in [6, 6.07) is 12.7. The second kappa shape index (κ2) is 11.1. The first-order valence-electron chi connectivity index (χ1n) is 9.76. The molecule has 0 radical (unpaired) electrons. The number of amides is 2. The van der Waals surface area contributed by atoms with Crippen molar-refractivity contribution in [2.24, 2.45) is 0 Å². The van der Waals surface area contributed by atoms with E-state index in [9.17, 15) is 9.59 Å². The molecule has 150 valence electrons. The van der Waals surface area contributed by atoms with Gasteiger partial charge in [0.1, 0.15) is 17.1 Å². The van der Waals surface area contributed by atoms with Crippen LogP contribution in [0.4, 0.5) is 0 Å². The van der Waals surface area contributed by atoms with Crippen LogP contribution < -0.4 is 10.1 Å².